The first-order valence-electron chi connectivity index (χ1n) is 8.37. The van der Waals surface area contributed by atoms with Crippen LogP contribution in [0.3, 0.4) is 0 Å². The molecule has 2 aromatic carbocycles. The number of carbonyl (C=O) groups excluding carboxylic acids is 1. The minimum absolute atomic E-state index is 0.0450. The second-order valence-electron chi connectivity index (χ2n) is 5.80. The van der Waals surface area contributed by atoms with Gasteiger partial charge in [-0.15, -0.1) is 11.8 Å². The van der Waals surface area contributed by atoms with Crippen molar-refractivity contribution in [1.82, 2.24) is 14.9 Å². The van der Waals surface area contributed by atoms with Crippen molar-refractivity contribution in [2.75, 3.05) is 5.75 Å². The van der Waals surface area contributed by atoms with Crippen LogP contribution in [0.25, 0.3) is 5.69 Å². The van der Waals surface area contributed by atoms with Gasteiger partial charge in [0.15, 0.2) is 0 Å². The van der Waals surface area contributed by atoms with E-state index in [1.165, 1.54) is 0 Å². The average Bonchev–Trinajstić information content (AvgIpc) is 3.08. The highest BCUT2D eigenvalue weighted by Gasteiger charge is 2.08. The normalized spacial score (nSPS) is 10.7. The summed E-state index contributed by atoms with van der Waals surface area (Å²) in [7, 11) is 0. The largest absolute Gasteiger partial charge is 0.352 e. The highest BCUT2D eigenvalue weighted by Crippen LogP contribution is 2.21. The van der Waals surface area contributed by atoms with Gasteiger partial charge in [0.1, 0.15) is 5.82 Å². The minimum Gasteiger partial charge on any atom is -0.352 e. The fourth-order valence-corrected chi connectivity index (χ4v) is 3.58. The molecule has 134 valence electrons. The molecule has 6 heteroatoms. The van der Waals surface area contributed by atoms with Crippen molar-refractivity contribution in [1.29, 1.82) is 0 Å². The topological polar surface area (TPSA) is 46.9 Å². The summed E-state index contributed by atoms with van der Waals surface area (Å²) < 4.78 is 2.03. The van der Waals surface area contributed by atoms with Crippen LogP contribution in [-0.4, -0.2) is 21.2 Å². The molecule has 0 radical (unpaired) electrons. The Bertz CT molecular complexity index is 877. The van der Waals surface area contributed by atoms with E-state index in [0.717, 1.165) is 32.7 Å². The molecule has 0 fully saturated rings. The number of carbonyl (C=O) groups is 1. The Morgan fingerprint density at radius 1 is 1.19 bits per heavy atom. The number of nitrogens with one attached hydrogen (secondary N) is 1. The van der Waals surface area contributed by atoms with E-state index in [9.17, 15) is 4.79 Å². The first-order valence-corrected chi connectivity index (χ1v) is 9.73. The predicted octanol–water partition coefficient (Wildman–Crippen LogP) is 4.63. The highest BCUT2D eigenvalue weighted by molar-refractivity contribution is 7.99. The number of halogens is 1. The van der Waals surface area contributed by atoms with Crippen LogP contribution in [-0.2, 0) is 11.3 Å². The fourth-order valence-electron chi connectivity index (χ4n) is 2.60. The van der Waals surface area contributed by atoms with E-state index in [1.807, 2.05) is 66.2 Å². The maximum atomic E-state index is 12.2. The van der Waals surface area contributed by atoms with E-state index in [2.05, 4.69) is 10.3 Å². The SMILES string of the molecule is Cc1nccn1-c1ccccc1CNC(=O)CCSc1ccc(Cl)cc1. The maximum absolute atomic E-state index is 12.2. The van der Waals surface area contributed by atoms with Gasteiger partial charge in [0, 0.05) is 41.0 Å². The lowest BCUT2D eigenvalue weighted by molar-refractivity contribution is -0.120. The number of aryl methyl sites for hydroxylation is 1. The van der Waals surface area contributed by atoms with E-state index in [4.69, 9.17) is 11.6 Å². The van der Waals surface area contributed by atoms with Crippen molar-refractivity contribution in [2.45, 2.75) is 24.8 Å². The third kappa shape index (κ3) is 4.90. The van der Waals surface area contributed by atoms with E-state index in [0.29, 0.717) is 13.0 Å². The molecule has 0 saturated heterocycles. The van der Waals surface area contributed by atoms with Gasteiger partial charge in [0.05, 0.1) is 5.69 Å². The molecule has 3 rings (SSSR count). The lowest BCUT2D eigenvalue weighted by Crippen LogP contribution is -2.23. The lowest BCUT2D eigenvalue weighted by Gasteiger charge is -2.12. The van der Waals surface area contributed by atoms with Gasteiger partial charge in [0.25, 0.3) is 0 Å². The van der Waals surface area contributed by atoms with Crippen LogP contribution >= 0.6 is 23.4 Å². The molecule has 1 amide bonds. The Hall–Kier alpha value is -2.24. The van der Waals surface area contributed by atoms with Gasteiger partial charge in [-0.05, 0) is 42.8 Å². The van der Waals surface area contributed by atoms with Gasteiger partial charge >= 0.3 is 0 Å². The second-order valence-corrected chi connectivity index (χ2v) is 7.41. The zero-order valence-electron chi connectivity index (χ0n) is 14.5. The molecule has 0 atom stereocenters. The van der Waals surface area contributed by atoms with Crippen molar-refractivity contribution >= 4 is 29.3 Å². The van der Waals surface area contributed by atoms with E-state index >= 15 is 0 Å². The number of hydrogen-bond donors (Lipinski definition) is 1. The first-order chi connectivity index (χ1) is 12.6. The van der Waals surface area contributed by atoms with Crippen molar-refractivity contribution in [3.63, 3.8) is 0 Å². The van der Waals surface area contributed by atoms with Gasteiger partial charge in [-0.25, -0.2) is 4.98 Å². The second kappa shape index (κ2) is 8.92. The summed E-state index contributed by atoms with van der Waals surface area (Å²) in [5.74, 6) is 1.70. The zero-order valence-corrected chi connectivity index (χ0v) is 16.1. The Kier molecular flexibility index (Phi) is 6.36. The van der Waals surface area contributed by atoms with Crippen LogP contribution in [0.4, 0.5) is 0 Å². The van der Waals surface area contributed by atoms with Crippen LogP contribution < -0.4 is 5.32 Å². The van der Waals surface area contributed by atoms with Crippen LogP contribution in [0.2, 0.25) is 5.02 Å². The summed E-state index contributed by atoms with van der Waals surface area (Å²) >= 11 is 7.53. The molecule has 1 N–H and O–H groups in total. The van der Waals surface area contributed by atoms with Crippen LogP contribution in [0, 0.1) is 6.92 Å². The molecule has 0 saturated carbocycles. The first kappa shape index (κ1) is 18.5. The molecule has 0 aliphatic heterocycles. The lowest BCUT2D eigenvalue weighted by atomic mass is 10.1. The molecule has 26 heavy (non-hydrogen) atoms. The van der Waals surface area contributed by atoms with E-state index in [1.54, 1.807) is 18.0 Å². The number of hydrogen-bond acceptors (Lipinski definition) is 3. The number of imidazole rings is 1. The van der Waals surface area contributed by atoms with Crippen molar-refractivity contribution in [3.8, 4) is 5.69 Å². The monoisotopic (exact) mass is 385 g/mol. The van der Waals surface area contributed by atoms with Crippen molar-refractivity contribution in [2.24, 2.45) is 0 Å². The molecule has 0 aliphatic rings. The number of nitrogens with zero attached hydrogens (tertiary/aromatic N) is 2. The molecule has 0 unspecified atom stereocenters. The Morgan fingerprint density at radius 2 is 1.96 bits per heavy atom. The van der Waals surface area contributed by atoms with Gasteiger partial charge in [-0.2, -0.15) is 0 Å². The molecule has 3 aromatic rings. The number of amides is 1. The van der Waals surface area contributed by atoms with Gasteiger partial charge < -0.3 is 9.88 Å². The van der Waals surface area contributed by atoms with Gasteiger partial charge in [0.2, 0.25) is 5.91 Å². The van der Waals surface area contributed by atoms with Gasteiger partial charge in [-0.3, -0.25) is 4.79 Å². The minimum atomic E-state index is 0.0450. The van der Waals surface area contributed by atoms with Gasteiger partial charge in [-0.1, -0.05) is 29.8 Å². The smallest absolute Gasteiger partial charge is 0.221 e. The number of para-hydroxylation sites is 1. The molecular weight excluding hydrogens is 366 g/mol. The third-order valence-corrected chi connectivity index (χ3v) is 5.23. The van der Waals surface area contributed by atoms with Crippen LogP contribution in [0.1, 0.15) is 17.8 Å². The standard InChI is InChI=1S/C20H20ClN3OS/c1-15-22-11-12-24(15)19-5-3-2-4-16(19)14-23-20(25)10-13-26-18-8-6-17(21)7-9-18/h2-9,11-12H,10,13-14H2,1H3,(H,23,25). The highest BCUT2D eigenvalue weighted by atomic mass is 35.5. The average molecular weight is 386 g/mol. The molecule has 0 aliphatic carbocycles. The summed E-state index contributed by atoms with van der Waals surface area (Å²) in [5.41, 5.74) is 2.10. The summed E-state index contributed by atoms with van der Waals surface area (Å²) in [5, 5.41) is 3.73. The van der Waals surface area contributed by atoms with Crippen LogP contribution in [0.5, 0.6) is 0 Å². The molecular formula is C20H20ClN3OS. The Labute approximate surface area is 162 Å². The molecule has 0 bridgehead atoms. The Balaban J connectivity index is 1.52. The zero-order chi connectivity index (χ0) is 18.4. The number of benzene rings is 2. The number of aromatic nitrogens is 2. The van der Waals surface area contributed by atoms with Crippen LogP contribution in [0.15, 0.2) is 65.8 Å². The third-order valence-electron chi connectivity index (χ3n) is 3.96. The van der Waals surface area contributed by atoms with E-state index < -0.39 is 0 Å². The summed E-state index contributed by atoms with van der Waals surface area (Å²) in [4.78, 5) is 17.5. The van der Waals surface area contributed by atoms with Crippen molar-refractivity contribution < 1.29 is 4.79 Å². The summed E-state index contributed by atoms with van der Waals surface area (Å²) in [6.45, 7) is 2.46. The molecule has 0 spiro atoms. The predicted molar refractivity (Wildman–Crippen MR) is 107 cm³/mol. The summed E-state index contributed by atoms with van der Waals surface area (Å²) in [6.07, 6.45) is 4.18. The van der Waals surface area contributed by atoms with E-state index in [-0.39, 0.29) is 5.91 Å². The number of rotatable bonds is 7. The van der Waals surface area contributed by atoms with Crippen molar-refractivity contribution in [3.05, 3.63) is 77.3 Å². The summed E-state index contributed by atoms with van der Waals surface area (Å²) in [6, 6.07) is 15.7. The molecule has 4 nitrogen and oxygen atoms in total. The molecule has 1 aromatic heterocycles. The number of thioether (sulfide) groups is 1. The maximum Gasteiger partial charge on any atom is 0.221 e. The fraction of sp³-hybridized carbons (Fsp3) is 0.200. The Morgan fingerprint density at radius 3 is 2.69 bits per heavy atom. The quantitative estimate of drug-likeness (QED) is 0.603. The molecule has 1 heterocycles.